The van der Waals surface area contributed by atoms with Crippen LogP contribution in [0, 0.1) is 5.41 Å². The van der Waals surface area contributed by atoms with Gasteiger partial charge in [-0.2, -0.15) is 0 Å². The molecule has 1 aromatic carbocycles. The van der Waals surface area contributed by atoms with Crippen LogP contribution < -0.4 is 5.32 Å². The molecule has 3 atom stereocenters. The number of hydrogen-bond donors (Lipinski definition) is 3. The van der Waals surface area contributed by atoms with Crippen molar-refractivity contribution in [1.82, 2.24) is 19.7 Å². The Labute approximate surface area is 213 Å². The Hall–Kier alpha value is -2.52. The number of nitrogens with one attached hydrogen (secondary N) is 1. The summed E-state index contributed by atoms with van der Waals surface area (Å²) in [6, 6.07) is 11.1. The van der Waals surface area contributed by atoms with Gasteiger partial charge in [0.2, 0.25) is 0 Å². The second kappa shape index (κ2) is 10.8. The Morgan fingerprint density at radius 1 is 1.06 bits per heavy atom. The number of hydrogen-bond acceptors (Lipinski definition) is 6. The number of carbonyl (C=O) groups is 1. The molecule has 3 fully saturated rings. The van der Waals surface area contributed by atoms with E-state index in [-0.39, 0.29) is 23.6 Å². The number of aliphatic hydroxyl groups excluding tert-OH is 2. The van der Waals surface area contributed by atoms with Crippen molar-refractivity contribution in [3.05, 3.63) is 48.8 Å². The van der Waals surface area contributed by atoms with Crippen molar-refractivity contribution >= 4 is 11.7 Å². The maximum Gasteiger partial charge on any atom is 0.322 e. The van der Waals surface area contributed by atoms with E-state index in [9.17, 15) is 15.0 Å². The van der Waals surface area contributed by atoms with Gasteiger partial charge >= 0.3 is 6.03 Å². The highest BCUT2D eigenvalue weighted by atomic mass is 16.3. The Balaban J connectivity index is 1.07. The predicted octanol–water partition coefficient (Wildman–Crippen LogP) is 3.23. The standard InChI is InChI=1S/C28H39N5O3/c1-21-26(35)32(14-3-2-13-31-15-11-28(9-10-28)25(34)20-31)16-17-33(21)27(36)30-24-8-4-6-22(18-24)23-7-5-12-29-19-23/h4-8,12,18-19,21,25-26,34-35H,2-3,9-11,13-17,20H2,1H3,(H,30,36). The summed E-state index contributed by atoms with van der Waals surface area (Å²) in [5.74, 6) is 0. The molecule has 3 aliphatic rings. The van der Waals surface area contributed by atoms with Gasteiger partial charge in [0.15, 0.2) is 0 Å². The Morgan fingerprint density at radius 2 is 1.86 bits per heavy atom. The number of amides is 2. The molecule has 8 nitrogen and oxygen atoms in total. The summed E-state index contributed by atoms with van der Waals surface area (Å²) < 4.78 is 0. The average molecular weight is 494 g/mol. The molecule has 2 amide bonds. The van der Waals surface area contributed by atoms with Crippen LogP contribution in [0.3, 0.4) is 0 Å². The van der Waals surface area contributed by atoms with E-state index in [0.717, 1.165) is 62.3 Å². The second-order valence-electron chi connectivity index (χ2n) is 10.8. The SMILES string of the molecule is CC1C(O)N(CCCCN2CCC3(CC3)C(O)C2)CCN1C(=O)Nc1cccc(-c2cccnc2)c1. The van der Waals surface area contributed by atoms with Crippen molar-refractivity contribution < 1.29 is 15.0 Å². The third-order valence-electron chi connectivity index (χ3n) is 8.42. The number of pyridine rings is 1. The Bertz CT molecular complexity index is 1030. The molecule has 36 heavy (non-hydrogen) atoms. The summed E-state index contributed by atoms with van der Waals surface area (Å²) in [6.07, 6.45) is 8.26. The number of carbonyl (C=O) groups excluding carboxylic acids is 1. The van der Waals surface area contributed by atoms with Gasteiger partial charge in [-0.3, -0.25) is 9.88 Å². The van der Waals surface area contributed by atoms with E-state index < -0.39 is 6.23 Å². The van der Waals surface area contributed by atoms with E-state index in [2.05, 4.69) is 20.1 Å². The summed E-state index contributed by atoms with van der Waals surface area (Å²) in [4.78, 5) is 23.4. The lowest BCUT2D eigenvalue weighted by atomic mass is 9.90. The molecule has 194 valence electrons. The molecule has 2 saturated heterocycles. The highest BCUT2D eigenvalue weighted by molar-refractivity contribution is 5.90. The number of urea groups is 1. The van der Waals surface area contributed by atoms with Crippen molar-refractivity contribution in [3.63, 3.8) is 0 Å². The van der Waals surface area contributed by atoms with Gasteiger partial charge in [0.05, 0.1) is 12.1 Å². The fourth-order valence-electron chi connectivity index (χ4n) is 5.75. The minimum Gasteiger partial charge on any atom is -0.391 e. The number of aliphatic hydroxyl groups is 2. The van der Waals surface area contributed by atoms with E-state index >= 15 is 0 Å². The zero-order valence-electron chi connectivity index (χ0n) is 21.2. The number of unbranched alkanes of at least 4 members (excludes halogenated alkanes) is 1. The number of anilines is 1. The van der Waals surface area contributed by atoms with Gasteiger partial charge < -0.3 is 25.3 Å². The molecule has 3 heterocycles. The van der Waals surface area contributed by atoms with Gasteiger partial charge in [-0.1, -0.05) is 18.2 Å². The second-order valence-corrected chi connectivity index (χ2v) is 10.8. The van der Waals surface area contributed by atoms with Gasteiger partial charge in [-0.15, -0.1) is 0 Å². The predicted molar refractivity (Wildman–Crippen MR) is 140 cm³/mol. The molecule has 1 aromatic heterocycles. The van der Waals surface area contributed by atoms with Gasteiger partial charge in [0, 0.05) is 49.8 Å². The molecule has 1 spiro atoms. The Kier molecular flexibility index (Phi) is 7.57. The monoisotopic (exact) mass is 493 g/mol. The van der Waals surface area contributed by atoms with Crippen molar-refractivity contribution in [3.8, 4) is 11.1 Å². The van der Waals surface area contributed by atoms with Gasteiger partial charge in [-0.05, 0) is 81.3 Å². The quantitative estimate of drug-likeness (QED) is 0.513. The van der Waals surface area contributed by atoms with Crippen LogP contribution in [-0.4, -0.2) is 93.6 Å². The molecule has 3 N–H and O–H groups in total. The van der Waals surface area contributed by atoms with E-state index in [1.54, 1.807) is 17.3 Å². The lowest BCUT2D eigenvalue weighted by Crippen LogP contribution is -2.60. The summed E-state index contributed by atoms with van der Waals surface area (Å²) in [7, 11) is 0. The molecule has 5 rings (SSSR count). The number of β-amino-alcohol motifs (C(OH)–C–C–N with tert-alkyl or cyclic N) is 1. The van der Waals surface area contributed by atoms with Crippen molar-refractivity contribution in [2.75, 3.05) is 44.6 Å². The van der Waals surface area contributed by atoms with E-state index in [1.165, 1.54) is 12.8 Å². The smallest absolute Gasteiger partial charge is 0.322 e. The fourth-order valence-corrected chi connectivity index (χ4v) is 5.75. The lowest BCUT2D eigenvalue weighted by Gasteiger charge is -2.43. The molecular weight excluding hydrogens is 454 g/mol. The van der Waals surface area contributed by atoms with Gasteiger partial charge in [0.1, 0.15) is 6.23 Å². The first-order chi connectivity index (χ1) is 17.4. The lowest BCUT2D eigenvalue weighted by molar-refractivity contribution is -0.0766. The van der Waals surface area contributed by atoms with E-state index in [0.29, 0.717) is 13.1 Å². The van der Waals surface area contributed by atoms with Gasteiger partial charge in [-0.25, -0.2) is 4.79 Å². The molecule has 1 aliphatic carbocycles. The third-order valence-corrected chi connectivity index (χ3v) is 8.42. The normalized spacial score (nSPS) is 26.2. The van der Waals surface area contributed by atoms with E-state index in [1.807, 2.05) is 43.3 Å². The zero-order chi connectivity index (χ0) is 25.1. The molecule has 2 aliphatic heterocycles. The largest absolute Gasteiger partial charge is 0.391 e. The van der Waals surface area contributed by atoms with Crippen molar-refractivity contribution in [2.24, 2.45) is 5.41 Å². The first-order valence-corrected chi connectivity index (χ1v) is 13.4. The first kappa shape index (κ1) is 25.1. The molecule has 2 aromatic rings. The number of rotatable bonds is 7. The van der Waals surface area contributed by atoms with Crippen LogP contribution >= 0.6 is 0 Å². The summed E-state index contributed by atoms with van der Waals surface area (Å²) in [5.41, 5.74) is 2.96. The van der Waals surface area contributed by atoms with E-state index in [4.69, 9.17) is 0 Å². The third kappa shape index (κ3) is 5.57. The highest BCUT2D eigenvalue weighted by Crippen LogP contribution is 2.53. The van der Waals surface area contributed by atoms with Gasteiger partial charge in [0.25, 0.3) is 0 Å². The minimum atomic E-state index is -0.683. The van der Waals surface area contributed by atoms with Crippen molar-refractivity contribution in [1.29, 1.82) is 0 Å². The minimum absolute atomic E-state index is 0.161. The van der Waals surface area contributed by atoms with Crippen molar-refractivity contribution in [2.45, 2.75) is 57.4 Å². The molecule has 1 saturated carbocycles. The van der Waals surface area contributed by atoms with Crippen LogP contribution in [0.15, 0.2) is 48.8 Å². The van der Waals surface area contributed by atoms with Crippen LogP contribution in [0.25, 0.3) is 11.1 Å². The van der Waals surface area contributed by atoms with Crippen LogP contribution in [0.4, 0.5) is 10.5 Å². The number of aromatic nitrogens is 1. The number of piperazine rings is 1. The van der Waals surface area contributed by atoms with Crippen LogP contribution in [0.2, 0.25) is 0 Å². The van der Waals surface area contributed by atoms with Crippen LogP contribution in [0.1, 0.15) is 39.0 Å². The maximum absolute atomic E-state index is 13.0. The number of nitrogens with zero attached hydrogens (tertiary/aromatic N) is 4. The molecule has 3 unspecified atom stereocenters. The average Bonchev–Trinajstić information content (AvgIpc) is 3.68. The first-order valence-electron chi connectivity index (χ1n) is 13.4. The fraction of sp³-hybridized carbons (Fsp3) is 0.571. The molecular formula is C28H39N5O3. The zero-order valence-corrected chi connectivity index (χ0v) is 21.2. The maximum atomic E-state index is 13.0. The Morgan fingerprint density at radius 3 is 2.61 bits per heavy atom. The summed E-state index contributed by atoms with van der Waals surface area (Å²) in [5, 5.41) is 24.3. The number of benzene rings is 1. The molecule has 8 heteroatoms. The van der Waals surface area contributed by atoms with Crippen LogP contribution in [-0.2, 0) is 0 Å². The molecule has 0 radical (unpaired) electrons. The summed E-state index contributed by atoms with van der Waals surface area (Å²) in [6.45, 7) is 6.85. The topological polar surface area (TPSA) is 92.2 Å². The highest BCUT2D eigenvalue weighted by Gasteiger charge is 2.51. The number of piperidine rings is 1. The van der Waals surface area contributed by atoms with Crippen LogP contribution in [0.5, 0.6) is 0 Å². The molecule has 0 bridgehead atoms. The summed E-state index contributed by atoms with van der Waals surface area (Å²) >= 11 is 0. The number of likely N-dealkylation sites (tertiary alicyclic amines) is 1.